The Morgan fingerprint density at radius 1 is 1.33 bits per heavy atom. The van der Waals surface area contributed by atoms with Crippen LogP contribution in [0.1, 0.15) is 23.7 Å². The van der Waals surface area contributed by atoms with Crippen LogP contribution in [-0.2, 0) is 12.6 Å². The minimum atomic E-state index is -4.52. The summed E-state index contributed by atoms with van der Waals surface area (Å²) < 4.78 is 38.4. The number of fused-ring (bicyclic) bond motifs is 1. The number of hydrogen-bond donors (Lipinski definition) is 1. The molecule has 98 valence electrons. The van der Waals surface area contributed by atoms with Crippen LogP contribution < -0.4 is 5.32 Å². The molecule has 2 heterocycles. The summed E-state index contributed by atoms with van der Waals surface area (Å²) in [6, 6.07) is 0.585. The van der Waals surface area contributed by atoms with Crippen LogP contribution in [0.5, 0.6) is 0 Å². The third-order valence-electron chi connectivity index (χ3n) is 2.64. The van der Waals surface area contributed by atoms with E-state index in [4.69, 9.17) is 0 Å². The Morgan fingerprint density at radius 3 is 2.78 bits per heavy atom. The largest absolute Gasteiger partial charge is 0.453 e. The zero-order valence-corrected chi connectivity index (χ0v) is 10.1. The van der Waals surface area contributed by atoms with Gasteiger partial charge in [0, 0.05) is 19.0 Å². The van der Waals surface area contributed by atoms with Crippen LogP contribution >= 0.6 is 11.3 Å². The lowest BCUT2D eigenvalue weighted by atomic mass is 10.4. The minimum Gasteiger partial charge on any atom is -0.314 e. The molecule has 1 saturated carbocycles. The maximum Gasteiger partial charge on any atom is 0.453 e. The molecule has 5 nitrogen and oxygen atoms in total. The molecule has 2 aromatic heterocycles. The molecular weight excluding hydrogens is 267 g/mol. The molecule has 0 unspecified atom stereocenters. The highest BCUT2D eigenvalue weighted by Gasteiger charge is 2.38. The first kappa shape index (κ1) is 11.8. The highest BCUT2D eigenvalue weighted by atomic mass is 32.1. The molecule has 0 atom stereocenters. The lowest BCUT2D eigenvalue weighted by molar-refractivity contribution is -0.146. The van der Waals surface area contributed by atoms with Gasteiger partial charge >= 0.3 is 6.18 Å². The van der Waals surface area contributed by atoms with Crippen molar-refractivity contribution in [3.63, 3.8) is 0 Å². The van der Waals surface area contributed by atoms with Crippen molar-refractivity contribution in [2.45, 2.75) is 31.5 Å². The molecule has 1 N–H and O–H groups in total. The lowest BCUT2D eigenvalue weighted by Crippen LogP contribution is -2.19. The summed E-state index contributed by atoms with van der Waals surface area (Å²) in [5.74, 6) is -1.06. The van der Waals surface area contributed by atoms with E-state index < -0.39 is 12.0 Å². The van der Waals surface area contributed by atoms with E-state index in [2.05, 4.69) is 20.6 Å². The summed E-state index contributed by atoms with van der Waals surface area (Å²) in [7, 11) is 0. The molecule has 0 aliphatic heterocycles. The molecule has 0 radical (unpaired) electrons. The lowest BCUT2D eigenvalue weighted by Gasteiger charge is -2.00. The molecule has 18 heavy (non-hydrogen) atoms. The van der Waals surface area contributed by atoms with E-state index in [-0.39, 0.29) is 4.96 Å². The van der Waals surface area contributed by atoms with Crippen molar-refractivity contribution in [2.75, 3.05) is 6.54 Å². The smallest absolute Gasteiger partial charge is 0.314 e. The third kappa shape index (κ3) is 2.32. The second-order valence-electron chi connectivity index (χ2n) is 4.19. The van der Waals surface area contributed by atoms with Crippen molar-refractivity contribution in [2.24, 2.45) is 0 Å². The van der Waals surface area contributed by atoms with Gasteiger partial charge in [0.1, 0.15) is 5.01 Å². The van der Waals surface area contributed by atoms with E-state index in [1.807, 2.05) is 0 Å². The molecule has 3 rings (SSSR count). The molecule has 0 spiro atoms. The number of alkyl halides is 3. The average molecular weight is 277 g/mol. The fraction of sp³-hybridized carbons (Fsp3) is 0.667. The topological polar surface area (TPSA) is 55.1 Å². The minimum absolute atomic E-state index is 0.184. The van der Waals surface area contributed by atoms with Gasteiger partial charge in [-0.2, -0.15) is 22.8 Å². The van der Waals surface area contributed by atoms with E-state index in [9.17, 15) is 13.2 Å². The van der Waals surface area contributed by atoms with Crippen molar-refractivity contribution in [1.29, 1.82) is 0 Å². The number of nitrogens with one attached hydrogen (secondary N) is 1. The molecule has 0 amide bonds. The molecule has 9 heteroatoms. The first-order valence-corrected chi connectivity index (χ1v) is 6.37. The summed E-state index contributed by atoms with van der Waals surface area (Å²) in [5, 5.41) is 14.4. The second-order valence-corrected chi connectivity index (χ2v) is 5.23. The van der Waals surface area contributed by atoms with E-state index in [0.29, 0.717) is 17.5 Å². The molecule has 1 aliphatic carbocycles. The maximum atomic E-state index is 12.6. The van der Waals surface area contributed by atoms with Crippen LogP contribution in [0.25, 0.3) is 4.96 Å². The molecule has 1 fully saturated rings. The van der Waals surface area contributed by atoms with Gasteiger partial charge in [-0.05, 0) is 12.8 Å². The Kier molecular flexibility index (Phi) is 2.74. The number of aromatic nitrogens is 4. The summed E-state index contributed by atoms with van der Waals surface area (Å²) in [6.45, 7) is 0.732. The predicted molar refractivity (Wildman–Crippen MR) is 58.4 cm³/mol. The normalized spacial score (nSPS) is 16.6. The highest BCUT2D eigenvalue weighted by Crippen LogP contribution is 2.29. The van der Waals surface area contributed by atoms with E-state index in [1.54, 1.807) is 0 Å². The quantitative estimate of drug-likeness (QED) is 0.920. The number of halogens is 3. The van der Waals surface area contributed by atoms with Crippen LogP contribution in [0.15, 0.2) is 0 Å². The number of rotatable bonds is 4. The predicted octanol–water partition coefficient (Wildman–Crippen LogP) is 1.50. The fourth-order valence-electron chi connectivity index (χ4n) is 1.61. The van der Waals surface area contributed by atoms with Crippen molar-refractivity contribution in [1.82, 2.24) is 25.1 Å². The fourth-order valence-corrected chi connectivity index (χ4v) is 2.44. The summed E-state index contributed by atoms with van der Waals surface area (Å²) in [4.78, 5) is 0.184. The van der Waals surface area contributed by atoms with Crippen LogP contribution in [0, 0.1) is 0 Å². The van der Waals surface area contributed by atoms with Gasteiger partial charge in [-0.3, -0.25) is 0 Å². The van der Waals surface area contributed by atoms with Gasteiger partial charge in [0.2, 0.25) is 4.96 Å². The van der Waals surface area contributed by atoms with Crippen LogP contribution in [-0.4, -0.2) is 32.4 Å². The Labute approximate surface area is 104 Å². The summed E-state index contributed by atoms with van der Waals surface area (Å²) in [6.07, 6.45) is -1.54. The first-order chi connectivity index (χ1) is 8.54. The van der Waals surface area contributed by atoms with Gasteiger partial charge in [-0.25, -0.2) is 0 Å². The van der Waals surface area contributed by atoms with Gasteiger partial charge in [-0.1, -0.05) is 11.3 Å². The number of hydrogen-bond acceptors (Lipinski definition) is 5. The molecule has 0 saturated heterocycles. The van der Waals surface area contributed by atoms with Crippen molar-refractivity contribution < 1.29 is 13.2 Å². The van der Waals surface area contributed by atoms with Crippen molar-refractivity contribution >= 4 is 16.3 Å². The summed E-state index contributed by atoms with van der Waals surface area (Å²) in [5.41, 5.74) is 0. The van der Waals surface area contributed by atoms with Crippen molar-refractivity contribution in [3.8, 4) is 0 Å². The van der Waals surface area contributed by atoms with Gasteiger partial charge < -0.3 is 5.32 Å². The van der Waals surface area contributed by atoms with Crippen LogP contribution in [0.4, 0.5) is 13.2 Å². The van der Waals surface area contributed by atoms with Gasteiger partial charge in [-0.15, -0.1) is 10.2 Å². The molecule has 0 aromatic carbocycles. The van der Waals surface area contributed by atoms with Crippen LogP contribution in [0.2, 0.25) is 0 Å². The van der Waals surface area contributed by atoms with Gasteiger partial charge in [0.25, 0.3) is 5.82 Å². The van der Waals surface area contributed by atoms with E-state index in [1.165, 1.54) is 12.8 Å². The molecular formula is C9H10F3N5S. The highest BCUT2D eigenvalue weighted by molar-refractivity contribution is 7.16. The Morgan fingerprint density at radius 2 is 2.11 bits per heavy atom. The molecule has 0 bridgehead atoms. The Bertz CT molecular complexity index is 556. The zero-order valence-electron chi connectivity index (χ0n) is 9.24. The van der Waals surface area contributed by atoms with Gasteiger partial charge in [0.15, 0.2) is 0 Å². The monoisotopic (exact) mass is 277 g/mol. The maximum absolute atomic E-state index is 12.6. The van der Waals surface area contributed by atoms with E-state index >= 15 is 0 Å². The zero-order chi connectivity index (χ0) is 12.8. The third-order valence-corrected chi connectivity index (χ3v) is 3.59. The second kappa shape index (κ2) is 4.16. The van der Waals surface area contributed by atoms with Gasteiger partial charge in [0.05, 0.1) is 0 Å². The average Bonchev–Trinajstić information content (AvgIpc) is 2.84. The number of nitrogens with zero attached hydrogens (tertiary/aromatic N) is 4. The Balaban J connectivity index is 1.75. The molecule has 1 aliphatic rings. The summed E-state index contributed by atoms with van der Waals surface area (Å²) >= 11 is 1.14. The van der Waals surface area contributed by atoms with E-state index in [0.717, 1.165) is 22.4 Å². The van der Waals surface area contributed by atoms with Crippen molar-refractivity contribution in [3.05, 3.63) is 10.8 Å². The first-order valence-electron chi connectivity index (χ1n) is 5.56. The van der Waals surface area contributed by atoms with Crippen LogP contribution in [0.3, 0.4) is 0 Å². The SMILES string of the molecule is FC(F)(F)c1nnc2sc(CCNC3CC3)nn12. The Hall–Kier alpha value is -1.22. The molecule has 2 aromatic rings. The standard InChI is InChI=1S/C9H10F3N5S/c10-9(11,12)7-14-15-8-17(7)16-6(18-8)3-4-13-5-1-2-5/h5,13H,1-4H2.